The van der Waals surface area contributed by atoms with E-state index in [2.05, 4.69) is 31.9 Å². The molecule has 0 radical (unpaired) electrons. The van der Waals surface area contributed by atoms with Crippen LogP contribution < -0.4 is 0 Å². The van der Waals surface area contributed by atoms with Crippen LogP contribution in [0.3, 0.4) is 0 Å². The molecule has 1 N–H and O–H groups in total. The molecular formula is C15H13Br2FOS. The Labute approximate surface area is 138 Å². The molecule has 0 spiro atoms. The van der Waals surface area contributed by atoms with Crippen LogP contribution in [0.1, 0.15) is 5.56 Å². The first-order chi connectivity index (χ1) is 9.54. The summed E-state index contributed by atoms with van der Waals surface area (Å²) in [5.41, 5.74) is 0.911. The van der Waals surface area contributed by atoms with Crippen molar-refractivity contribution in [3.05, 3.63) is 62.8 Å². The molecule has 0 aromatic heterocycles. The van der Waals surface area contributed by atoms with Crippen molar-refractivity contribution >= 4 is 43.6 Å². The molecule has 0 saturated carbocycles. The number of halogens is 3. The molecule has 5 heteroatoms. The molecule has 0 heterocycles. The van der Waals surface area contributed by atoms with Crippen molar-refractivity contribution in [2.45, 2.75) is 17.4 Å². The number of hydrogen-bond donors (Lipinski definition) is 1. The van der Waals surface area contributed by atoms with E-state index in [-0.39, 0.29) is 5.82 Å². The van der Waals surface area contributed by atoms with E-state index in [4.69, 9.17) is 0 Å². The number of aliphatic hydroxyl groups is 1. The number of benzene rings is 2. The summed E-state index contributed by atoms with van der Waals surface area (Å²) in [6.07, 6.45) is 0.0303. The van der Waals surface area contributed by atoms with Gasteiger partial charge < -0.3 is 5.11 Å². The molecule has 2 aromatic carbocycles. The van der Waals surface area contributed by atoms with Gasteiger partial charge in [-0.1, -0.05) is 44.0 Å². The minimum Gasteiger partial charge on any atom is -0.392 e. The van der Waals surface area contributed by atoms with Gasteiger partial charge in [0.25, 0.3) is 0 Å². The standard InChI is InChI=1S/C15H13Br2FOS/c16-11-2-1-3-14(7-11)20-9-13(19)6-10-4-5-12(18)8-15(10)17/h1-5,7-8,13,19H,6,9H2. The van der Waals surface area contributed by atoms with Crippen molar-refractivity contribution in [2.75, 3.05) is 5.75 Å². The zero-order valence-corrected chi connectivity index (χ0v) is 14.5. The van der Waals surface area contributed by atoms with E-state index < -0.39 is 6.10 Å². The molecule has 0 aliphatic heterocycles. The number of aliphatic hydroxyl groups excluding tert-OH is 1. The molecule has 1 unspecified atom stereocenters. The fourth-order valence-electron chi connectivity index (χ4n) is 1.75. The summed E-state index contributed by atoms with van der Waals surface area (Å²) in [5.74, 6) is 0.318. The van der Waals surface area contributed by atoms with Gasteiger partial charge in [0.2, 0.25) is 0 Å². The summed E-state index contributed by atoms with van der Waals surface area (Å²) in [4.78, 5) is 1.11. The average Bonchev–Trinajstić information content (AvgIpc) is 2.40. The number of hydrogen-bond acceptors (Lipinski definition) is 2. The van der Waals surface area contributed by atoms with E-state index in [0.29, 0.717) is 16.6 Å². The first kappa shape index (κ1) is 16.0. The van der Waals surface area contributed by atoms with Gasteiger partial charge in [0.15, 0.2) is 0 Å². The topological polar surface area (TPSA) is 20.2 Å². The van der Waals surface area contributed by atoms with Gasteiger partial charge in [-0.2, -0.15) is 0 Å². The molecule has 0 aliphatic carbocycles. The van der Waals surface area contributed by atoms with Crippen molar-refractivity contribution in [1.29, 1.82) is 0 Å². The predicted octanol–water partition coefficient (Wildman–Crippen LogP) is 5.05. The molecule has 0 fully saturated rings. The highest BCUT2D eigenvalue weighted by Crippen LogP contribution is 2.25. The van der Waals surface area contributed by atoms with Crippen LogP contribution in [0.5, 0.6) is 0 Å². The Morgan fingerprint density at radius 2 is 1.95 bits per heavy atom. The van der Waals surface area contributed by atoms with Gasteiger partial charge in [-0.3, -0.25) is 0 Å². The smallest absolute Gasteiger partial charge is 0.124 e. The van der Waals surface area contributed by atoms with Crippen molar-refractivity contribution in [1.82, 2.24) is 0 Å². The van der Waals surface area contributed by atoms with E-state index in [0.717, 1.165) is 14.9 Å². The lowest BCUT2D eigenvalue weighted by molar-refractivity contribution is 0.200. The van der Waals surface area contributed by atoms with Crippen LogP contribution >= 0.6 is 43.6 Å². The largest absolute Gasteiger partial charge is 0.392 e. The van der Waals surface area contributed by atoms with E-state index in [9.17, 15) is 9.50 Å². The van der Waals surface area contributed by atoms with Crippen molar-refractivity contribution < 1.29 is 9.50 Å². The molecule has 1 atom stereocenters. The Morgan fingerprint density at radius 1 is 1.15 bits per heavy atom. The lowest BCUT2D eigenvalue weighted by Crippen LogP contribution is -2.13. The third-order valence-electron chi connectivity index (χ3n) is 2.71. The highest BCUT2D eigenvalue weighted by molar-refractivity contribution is 9.10. The van der Waals surface area contributed by atoms with Gasteiger partial charge in [-0.05, 0) is 35.9 Å². The second-order valence-corrected chi connectivity index (χ2v) is 7.23. The minimum absolute atomic E-state index is 0.279. The van der Waals surface area contributed by atoms with Crippen molar-refractivity contribution in [3.63, 3.8) is 0 Å². The van der Waals surface area contributed by atoms with Crippen LogP contribution in [0, 0.1) is 5.82 Å². The van der Waals surface area contributed by atoms with Gasteiger partial charge >= 0.3 is 0 Å². The maximum absolute atomic E-state index is 13.0. The molecule has 2 aromatic rings. The molecule has 1 nitrogen and oxygen atoms in total. The molecule has 0 aliphatic rings. The normalized spacial score (nSPS) is 12.4. The molecule has 0 amide bonds. The van der Waals surface area contributed by atoms with E-state index in [1.807, 2.05) is 24.3 Å². The van der Waals surface area contributed by atoms with Gasteiger partial charge in [0.1, 0.15) is 5.82 Å². The van der Waals surface area contributed by atoms with E-state index >= 15 is 0 Å². The first-order valence-corrected chi connectivity index (χ1v) is 8.62. The van der Waals surface area contributed by atoms with Crippen LogP contribution in [0.25, 0.3) is 0 Å². The SMILES string of the molecule is OC(CSc1cccc(Br)c1)Cc1ccc(F)cc1Br. The van der Waals surface area contributed by atoms with Crippen molar-refractivity contribution in [3.8, 4) is 0 Å². The Hall–Kier alpha value is -0.360. The highest BCUT2D eigenvalue weighted by Gasteiger charge is 2.10. The van der Waals surface area contributed by atoms with Crippen molar-refractivity contribution in [2.24, 2.45) is 0 Å². The average molecular weight is 420 g/mol. The maximum Gasteiger partial charge on any atom is 0.124 e. The monoisotopic (exact) mass is 418 g/mol. The van der Waals surface area contributed by atoms with E-state index in [1.54, 1.807) is 17.8 Å². The van der Waals surface area contributed by atoms with E-state index in [1.165, 1.54) is 12.1 Å². The second-order valence-electron chi connectivity index (χ2n) is 4.36. The lowest BCUT2D eigenvalue weighted by atomic mass is 10.1. The van der Waals surface area contributed by atoms with Crippen LogP contribution in [-0.2, 0) is 6.42 Å². The number of thioether (sulfide) groups is 1. The summed E-state index contributed by atoms with van der Waals surface area (Å²) in [7, 11) is 0. The fourth-order valence-corrected chi connectivity index (χ4v) is 3.70. The molecule has 20 heavy (non-hydrogen) atoms. The van der Waals surface area contributed by atoms with Crippen LogP contribution in [0.4, 0.5) is 4.39 Å². The van der Waals surface area contributed by atoms with Gasteiger partial charge in [-0.25, -0.2) is 4.39 Å². The lowest BCUT2D eigenvalue weighted by Gasteiger charge is -2.12. The number of rotatable bonds is 5. The molecular weight excluding hydrogens is 407 g/mol. The highest BCUT2D eigenvalue weighted by atomic mass is 79.9. The zero-order chi connectivity index (χ0) is 14.5. The van der Waals surface area contributed by atoms with Crippen LogP contribution in [0.15, 0.2) is 56.3 Å². The van der Waals surface area contributed by atoms with Crippen LogP contribution in [-0.4, -0.2) is 17.0 Å². The summed E-state index contributed by atoms with van der Waals surface area (Å²) in [5, 5.41) is 10.1. The quantitative estimate of drug-likeness (QED) is 0.684. The maximum atomic E-state index is 13.0. The Kier molecular flexibility index (Phi) is 6.08. The Balaban J connectivity index is 1.90. The van der Waals surface area contributed by atoms with Gasteiger partial charge in [0, 0.05) is 26.0 Å². The summed E-state index contributed by atoms with van der Waals surface area (Å²) < 4.78 is 14.7. The summed E-state index contributed by atoms with van der Waals surface area (Å²) in [6.45, 7) is 0. The molecule has 2 rings (SSSR count). The summed E-state index contributed by atoms with van der Waals surface area (Å²) in [6, 6.07) is 12.5. The first-order valence-electron chi connectivity index (χ1n) is 6.05. The zero-order valence-electron chi connectivity index (χ0n) is 10.5. The molecule has 0 bridgehead atoms. The third kappa shape index (κ3) is 4.88. The van der Waals surface area contributed by atoms with Gasteiger partial charge in [-0.15, -0.1) is 11.8 Å². The third-order valence-corrected chi connectivity index (χ3v) is 5.08. The molecule has 106 valence electrons. The summed E-state index contributed by atoms with van der Waals surface area (Å²) >= 11 is 8.34. The Bertz CT molecular complexity index is 592. The molecule has 0 saturated heterocycles. The Morgan fingerprint density at radius 3 is 2.65 bits per heavy atom. The predicted molar refractivity (Wildman–Crippen MR) is 88.7 cm³/mol. The fraction of sp³-hybridized carbons (Fsp3) is 0.200. The second kappa shape index (κ2) is 7.59. The van der Waals surface area contributed by atoms with Gasteiger partial charge in [0.05, 0.1) is 6.10 Å². The minimum atomic E-state index is -0.472. The van der Waals surface area contributed by atoms with Crippen LogP contribution in [0.2, 0.25) is 0 Å².